The van der Waals surface area contributed by atoms with E-state index in [1.54, 1.807) is 6.26 Å². The molecule has 0 aliphatic rings. The first-order chi connectivity index (χ1) is 9.69. The Morgan fingerprint density at radius 1 is 1.15 bits per heavy atom. The third-order valence-corrected chi connectivity index (χ3v) is 3.61. The summed E-state index contributed by atoms with van der Waals surface area (Å²) in [6, 6.07) is 13.3. The van der Waals surface area contributed by atoms with Crippen molar-refractivity contribution < 1.29 is 4.42 Å². The molecule has 0 amide bonds. The minimum Gasteiger partial charge on any atom is -0.469 e. The zero-order valence-electron chi connectivity index (χ0n) is 12.7. The summed E-state index contributed by atoms with van der Waals surface area (Å²) in [5, 5.41) is 3.42. The van der Waals surface area contributed by atoms with Crippen molar-refractivity contribution in [2.75, 3.05) is 7.05 Å². The van der Waals surface area contributed by atoms with Crippen LogP contribution in [0, 0.1) is 5.92 Å². The number of hydrogen-bond acceptors (Lipinski definition) is 2. The van der Waals surface area contributed by atoms with Crippen LogP contribution in [-0.2, 0) is 12.8 Å². The number of furan rings is 1. The van der Waals surface area contributed by atoms with Crippen molar-refractivity contribution in [3.8, 4) is 0 Å². The van der Waals surface area contributed by atoms with Crippen LogP contribution in [0.2, 0.25) is 0 Å². The first-order valence-electron chi connectivity index (χ1n) is 7.47. The number of nitrogens with one attached hydrogen (secondary N) is 1. The maximum atomic E-state index is 5.41. The second-order valence-electron chi connectivity index (χ2n) is 5.80. The van der Waals surface area contributed by atoms with Gasteiger partial charge in [-0.25, -0.2) is 0 Å². The fourth-order valence-electron chi connectivity index (χ4n) is 2.63. The average Bonchev–Trinajstić information content (AvgIpc) is 2.92. The lowest BCUT2D eigenvalue weighted by Gasteiger charge is -2.17. The molecule has 2 aromatic rings. The van der Waals surface area contributed by atoms with Gasteiger partial charge in [-0.05, 0) is 49.1 Å². The van der Waals surface area contributed by atoms with E-state index in [0.717, 1.165) is 25.0 Å². The maximum absolute atomic E-state index is 5.41. The molecule has 0 spiro atoms. The first kappa shape index (κ1) is 14.9. The molecule has 0 saturated carbocycles. The van der Waals surface area contributed by atoms with Crippen LogP contribution in [0.1, 0.15) is 43.2 Å². The van der Waals surface area contributed by atoms with Gasteiger partial charge in [0.05, 0.1) is 6.26 Å². The molecule has 20 heavy (non-hydrogen) atoms. The molecule has 1 unspecified atom stereocenters. The summed E-state index contributed by atoms with van der Waals surface area (Å²) in [4.78, 5) is 0. The molecule has 2 heteroatoms. The van der Waals surface area contributed by atoms with Gasteiger partial charge in [0.2, 0.25) is 0 Å². The van der Waals surface area contributed by atoms with Gasteiger partial charge in [-0.3, -0.25) is 0 Å². The molecule has 0 fully saturated rings. The van der Waals surface area contributed by atoms with Crippen LogP contribution in [-0.4, -0.2) is 7.05 Å². The lowest BCUT2D eigenvalue weighted by Crippen LogP contribution is -2.17. The third-order valence-electron chi connectivity index (χ3n) is 3.61. The molecule has 1 N–H and O–H groups in total. The van der Waals surface area contributed by atoms with Crippen molar-refractivity contribution in [3.05, 3.63) is 59.5 Å². The van der Waals surface area contributed by atoms with E-state index in [1.807, 2.05) is 19.2 Å². The molecule has 0 bridgehead atoms. The molecular formula is C18H25NO. The smallest absolute Gasteiger partial charge is 0.103 e. The Bertz CT molecular complexity index is 502. The molecule has 1 heterocycles. The number of benzene rings is 1. The molecular weight excluding hydrogens is 246 g/mol. The summed E-state index contributed by atoms with van der Waals surface area (Å²) in [6.45, 7) is 4.53. The standard InChI is InChI=1S/C18H25NO/c1-14(2)12-15-6-4-7-16(13-15)18(19-3)10-9-17-8-5-11-20-17/h4-8,11,13-14,18-19H,9-10,12H2,1-3H3. The highest BCUT2D eigenvalue weighted by molar-refractivity contribution is 5.26. The van der Waals surface area contributed by atoms with Gasteiger partial charge in [0.1, 0.15) is 5.76 Å². The Morgan fingerprint density at radius 2 is 2.00 bits per heavy atom. The fraction of sp³-hybridized carbons (Fsp3) is 0.444. The number of rotatable bonds is 7. The van der Waals surface area contributed by atoms with E-state index in [0.29, 0.717) is 12.0 Å². The van der Waals surface area contributed by atoms with Crippen LogP contribution >= 0.6 is 0 Å². The van der Waals surface area contributed by atoms with Gasteiger partial charge in [-0.1, -0.05) is 38.1 Å². The van der Waals surface area contributed by atoms with Crippen LogP contribution in [0.3, 0.4) is 0 Å². The molecule has 2 rings (SSSR count). The van der Waals surface area contributed by atoms with Crippen molar-refractivity contribution in [1.82, 2.24) is 5.32 Å². The molecule has 108 valence electrons. The predicted molar refractivity (Wildman–Crippen MR) is 83.8 cm³/mol. The highest BCUT2D eigenvalue weighted by Gasteiger charge is 2.11. The van der Waals surface area contributed by atoms with Crippen molar-refractivity contribution in [2.24, 2.45) is 5.92 Å². The number of hydrogen-bond donors (Lipinski definition) is 1. The van der Waals surface area contributed by atoms with Crippen molar-refractivity contribution in [1.29, 1.82) is 0 Å². The second kappa shape index (κ2) is 7.30. The van der Waals surface area contributed by atoms with Crippen molar-refractivity contribution in [2.45, 2.75) is 39.2 Å². The van der Waals surface area contributed by atoms with Crippen LogP contribution in [0.5, 0.6) is 0 Å². The monoisotopic (exact) mass is 271 g/mol. The van der Waals surface area contributed by atoms with Gasteiger partial charge in [0.15, 0.2) is 0 Å². The lowest BCUT2D eigenvalue weighted by atomic mass is 9.96. The fourth-order valence-corrected chi connectivity index (χ4v) is 2.63. The maximum Gasteiger partial charge on any atom is 0.103 e. The van der Waals surface area contributed by atoms with Gasteiger partial charge in [0.25, 0.3) is 0 Å². The second-order valence-corrected chi connectivity index (χ2v) is 5.80. The minimum atomic E-state index is 0.382. The quantitative estimate of drug-likeness (QED) is 0.809. The van der Waals surface area contributed by atoms with Crippen molar-refractivity contribution in [3.63, 3.8) is 0 Å². The molecule has 0 saturated heterocycles. The van der Waals surface area contributed by atoms with Crippen LogP contribution in [0.25, 0.3) is 0 Å². The summed E-state index contributed by atoms with van der Waals surface area (Å²) < 4.78 is 5.41. The van der Waals surface area contributed by atoms with E-state index in [9.17, 15) is 0 Å². The summed E-state index contributed by atoms with van der Waals surface area (Å²) in [5.41, 5.74) is 2.80. The van der Waals surface area contributed by atoms with E-state index < -0.39 is 0 Å². The summed E-state index contributed by atoms with van der Waals surface area (Å²) >= 11 is 0. The van der Waals surface area contributed by atoms with E-state index in [2.05, 4.69) is 43.4 Å². The zero-order valence-corrected chi connectivity index (χ0v) is 12.7. The van der Waals surface area contributed by atoms with E-state index in [1.165, 1.54) is 11.1 Å². The number of aryl methyl sites for hydroxylation is 1. The molecule has 1 aromatic carbocycles. The molecule has 0 aliphatic carbocycles. The summed E-state index contributed by atoms with van der Waals surface area (Å²) in [5.74, 6) is 1.75. The van der Waals surface area contributed by atoms with E-state index in [-0.39, 0.29) is 0 Å². The van der Waals surface area contributed by atoms with Gasteiger partial charge in [0, 0.05) is 12.5 Å². The van der Waals surface area contributed by atoms with Crippen LogP contribution in [0.4, 0.5) is 0 Å². The largest absolute Gasteiger partial charge is 0.469 e. The Hall–Kier alpha value is -1.54. The van der Waals surface area contributed by atoms with Crippen molar-refractivity contribution >= 4 is 0 Å². The highest BCUT2D eigenvalue weighted by Crippen LogP contribution is 2.21. The van der Waals surface area contributed by atoms with Crippen LogP contribution in [0.15, 0.2) is 47.1 Å². The third kappa shape index (κ3) is 4.24. The van der Waals surface area contributed by atoms with Crippen LogP contribution < -0.4 is 5.32 Å². The average molecular weight is 271 g/mol. The summed E-state index contributed by atoms with van der Waals surface area (Å²) in [7, 11) is 2.03. The molecule has 1 atom stereocenters. The van der Waals surface area contributed by atoms with Gasteiger partial charge in [-0.2, -0.15) is 0 Å². The Kier molecular flexibility index (Phi) is 5.42. The normalized spacial score (nSPS) is 12.8. The Labute approximate surface area is 122 Å². The zero-order chi connectivity index (χ0) is 14.4. The van der Waals surface area contributed by atoms with E-state index in [4.69, 9.17) is 4.42 Å². The predicted octanol–water partition coefficient (Wildman–Crippen LogP) is 4.37. The minimum absolute atomic E-state index is 0.382. The summed E-state index contributed by atoms with van der Waals surface area (Å²) in [6.07, 6.45) is 4.90. The molecule has 0 aliphatic heterocycles. The highest BCUT2D eigenvalue weighted by atomic mass is 16.3. The van der Waals surface area contributed by atoms with E-state index >= 15 is 0 Å². The lowest BCUT2D eigenvalue weighted by molar-refractivity contribution is 0.469. The molecule has 1 aromatic heterocycles. The van der Waals surface area contributed by atoms with Gasteiger partial charge < -0.3 is 9.73 Å². The Morgan fingerprint density at radius 3 is 2.65 bits per heavy atom. The Balaban J connectivity index is 2.02. The SMILES string of the molecule is CNC(CCc1ccco1)c1cccc(CC(C)C)c1. The molecule has 2 nitrogen and oxygen atoms in total. The first-order valence-corrected chi connectivity index (χ1v) is 7.47. The van der Waals surface area contributed by atoms with Gasteiger partial charge in [-0.15, -0.1) is 0 Å². The van der Waals surface area contributed by atoms with Gasteiger partial charge >= 0.3 is 0 Å². The molecule has 0 radical (unpaired) electrons. The topological polar surface area (TPSA) is 25.2 Å².